The Morgan fingerprint density at radius 1 is 1.47 bits per heavy atom. The second-order valence-electron chi connectivity index (χ2n) is 4.78. The number of carbonyl (C=O) groups excluding carboxylic acids is 2. The maximum Gasteiger partial charge on any atom is 0.328 e. The molecule has 1 aromatic heterocycles. The number of hydrogen-bond acceptors (Lipinski definition) is 4. The fraction of sp³-hybridized carbons (Fsp3) is 0.500. The maximum absolute atomic E-state index is 12.6. The van der Waals surface area contributed by atoms with Crippen LogP contribution in [0.15, 0.2) is 18.3 Å². The summed E-state index contributed by atoms with van der Waals surface area (Å²) in [7, 11) is 1.34. The smallest absolute Gasteiger partial charge is 0.328 e. The Kier molecular flexibility index (Phi) is 3.83. The summed E-state index contributed by atoms with van der Waals surface area (Å²) in [4.78, 5) is 30.0. The Hall–Kier alpha value is -1.91. The number of ether oxygens (including phenoxy) is 1. The van der Waals surface area contributed by atoms with Gasteiger partial charge in [0.25, 0.3) is 5.91 Å². The highest BCUT2D eigenvalue weighted by molar-refractivity contribution is 5.98. The normalized spacial score (nSPS) is 15.7. The number of esters is 1. The molecule has 0 spiro atoms. The highest BCUT2D eigenvalue weighted by Crippen LogP contribution is 2.30. The first kappa shape index (κ1) is 13.5. The van der Waals surface area contributed by atoms with E-state index < -0.39 is 6.04 Å². The topological polar surface area (TPSA) is 59.5 Å². The molecule has 102 valence electrons. The summed E-state index contributed by atoms with van der Waals surface area (Å²) < 4.78 is 4.74. The van der Waals surface area contributed by atoms with Crippen molar-refractivity contribution < 1.29 is 14.3 Å². The Morgan fingerprint density at radius 2 is 2.16 bits per heavy atom. The van der Waals surface area contributed by atoms with Crippen molar-refractivity contribution in [2.45, 2.75) is 38.8 Å². The van der Waals surface area contributed by atoms with Gasteiger partial charge in [0.1, 0.15) is 6.04 Å². The second-order valence-corrected chi connectivity index (χ2v) is 4.78. The first-order valence-corrected chi connectivity index (χ1v) is 6.38. The Labute approximate surface area is 112 Å². The van der Waals surface area contributed by atoms with Gasteiger partial charge in [-0.25, -0.2) is 4.79 Å². The van der Waals surface area contributed by atoms with Gasteiger partial charge in [0.15, 0.2) is 0 Å². The molecule has 1 aliphatic rings. The van der Waals surface area contributed by atoms with Crippen LogP contribution in [0, 0.1) is 6.92 Å². The van der Waals surface area contributed by atoms with E-state index >= 15 is 0 Å². The van der Waals surface area contributed by atoms with Gasteiger partial charge < -0.3 is 9.64 Å². The zero-order valence-corrected chi connectivity index (χ0v) is 11.4. The zero-order chi connectivity index (χ0) is 14.0. The van der Waals surface area contributed by atoms with E-state index in [1.165, 1.54) is 7.11 Å². The van der Waals surface area contributed by atoms with Crippen LogP contribution in [-0.4, -0.2) is 41.0 Å². The molecule has 1 amide bonds. The minimum absolute atomic E-state index is 0.140. The average molecular weight is 262 g/mol. The van der Waals surface area contributed by atoms with Crippen LogP contribution in [0.1, 0.15) is 35.8 Å². The molecule has 0 N–H and O–H groups in total. The number of methoxy groups -OCH3 is 1. The summed E-state index contributed by atoms with van der Waals surface area (Å²) in [6.07, 6.45) is 3.52. The van der Waals surface area contributed by atoms with Crippen LogP contribution in [-0.2, 0) is 9.53 Å². The Bertz CT molecular complexity index is 497. The standard InChI is InChI=1S/C14H18N2O3/c1-9-12(5-4-8-15-9)13(17)16(11-6-7-11)10(2)14(18)19-3/h4-5,8,10-11H,6-7H2,1-3H3. The van der Waals surface area contributed by atoms with E-state index in [1.807, 2.05) is 0 Å². The first-order chi connectivity index (χ1) is 9.06. The Balaban J connectivity index is 2.27. The summed E-state index contributed by atoms with van der Waals surface area (Å²) in [5, 5.41) is 0. The van der Waals surface area contributed by atoms with Crippen molar-refractivity contribution in [2.24, 2.45) is 0 Å². The first-order valence-electron chi connectivity index (χ1n) is 6.38. The van der Waals surface area contributed by atoms with Crippen molar-refractivity contribution in [3.05, 3.63) is 29.6 Å². The van der Waals surface area contributed by atoms with Crippen LogP contribution in [0.5, 0.6) is 0 Å². The Morgan fingerprint density at radius 3 is 2.68 bits per heavy atom. The quantitative estimate of drug-likeness (QED) is 0.773. The molecular formula is C14H18N2O3. The lowest BCUT2D eigenvalue weighted by molar-refractivity contribution is -0.145. The largest absolute Gasteiger partial charge is 0.467 e. The third-order valence-electron chi connectivity index (χ3n) is 3.37. The van der Waals surface area contributed by atoms with E-state index in [1.54, 1.807) is 37.1 Å². The molecule has 1 saturated carbocycles. The van der Waals surface area contributed by atoms with Gasteiger partial charge in [-0.2, -0.15) is 0 Å². The van der Waals surface area contributed by atoms with Gasteiger partial charge in [0.05, 0.1) is 12.7 Å². The molecule has 0 aliphatic heterocycles. The molecule has 1 unspecified atom stereocenters. The van der Waals surface area contributed by atoms with Crippen LogP contribution in [0.2, 0.25) is 0 Å². The van der Waals surface area contributed by atoms with E-state index in [4.69, 9.17) is 4.74 Å². The predicted octanol–water partition coefficient (Wildman–Crippen LogP) is 1.56. The minimum atomic E-state index is -0.565. The number of nitrogens with zero attached hydrogens (tertiary/aromatic N) is 2. The second kappa shape index (κ2) is 5.38. The van der Waals surface area contributed by atoms with Gasteiger partial charge in [-0.05, 0) is 38.8 Å². The predicted molar refractivity (Wildman–Crippen MR) is 69.6 cm³/mol. The molecule has 1 fully saturated rings. The van der Waals surface area contributed by atoms with Crippen molar-refractivity contribution in [1.82, 2.24) is 9.88 Å². The molecule has 19 heavy (non-hydrogen) atoms. The van der Waals surface area contributed by atoms with E-state index in [0.29, 0.717) is 11.3 Å². The van der Waals surface area contributed by atoms with Crippen LogP contribution in [0.4, 0.5) is 0 Å². The number of amides is 1. The summed E-state index contributed by atoms with van der Waals surface area (Å²) in [6.45, 7) is 3.49. The lowest BCUT2D eigenvalue weighted by Crippen LogP contribution is -2.45. The van der Waals surface area contributed by atoms with E-state index in [0.717, 1.165) is 12.8 Å². The fourth-order valence-electron chi connectivity index (χ4n) is 2.14. The van der Waals surface area contributed by atoms with Gasteiger partial charge >= 0.3 is 5.97 Å². The van der Waals surface area contributed by atoms with Crippen LogP contribution >= 0.6 is 0 Å². The fourth-order valence-corrected chi connectivity index (χ4v) is 2.14. The molecule has 0 saturated heterocycles. The highest BCUT2D eigenvalue weighted by Gasteiger charge is 2.39. The van der Waals surface area contributed by atoms with E-state index in [-0.39, 0.29) is 17.9 Å². The molecule has 1 atom stereocenters. The average Bonchev–Trinajstić information content (AvgIpc) is 3.22. The monoisotopic (exact) mass is 262 g/mol. The van der Waals surface area contributed by atoms with Crippen molar-refractivity contribution in [3.63, 3.8) is 0 Å². The van der Waals surface area contributed by atoms with Crippen molar-refractivity contribution in [1.29, 1.82) is 0 Å². The van der Waals surface area contributed by atoms with E-state index in [2.05, 4.69) is 4.98 Å². The van der Waals surface area contributed by atoms with Crippen LogP contribution < -0.4 is 0 Å². The number of hydrogen-bond donors (Lipinski definition) is 0. The number of aromatic nitrogens is 1. The molecule has 0 bridgehead atoms. The lowest BCUT2D eigenvalue weighted by Gasteiger charge is -2.27. The molecule has 5 heteroatoms. The summed E-state index contributed by atoms with van der Waals surface area (Å²) in [5.74, 6) is -0.534. The van der Waals surface area contributed by atoms with Gasteiger partial charge in [0.2, 0.25) is 0 Å². The summed E-state index contributed by atoms with van der Waals surface area (Å²) >= 11 is 0. The van der Waals surface area contributed by atoms with Gasteiger partial charge in [-0.3, -0.25) is 9.78 Å². The van der Waals surface area contributed by atoms with Gasteiger partial charge in [0, 0.05) is 17.9 Å². The number of rotatable bonds is 4. The number of pyridine rings is 1. The van der Waals surface area contributed by atoms with Gasteiger partial charge in [-0.1, -0.05) is 0 Å². The van der Waals surface area contributed by atoms with Crippen LogP contribution in [0.25, 0.3) is 0 Å². The molecule has 1 heterocycles. The molecule has 5 nitrogen and oxygen atoms in total. The van der Waals surface area contributed by atoms with E-state index in [9.17, 15) is 9.59 Å². The maximum atomic E-state index is 12.6. The lowest BCUT2D eigenvalue weighted by atomic mass is 10.1. The molecular weight excluding hydrogens is 244 g/mol. The minimum Gasteiger partial charge on any atom is -0.467 e. The van der Waals surface area contributed by atoms with Crippen molar-refractivity contribution in [2.75, 3.05) is 7.11 Å². The third-order valence-corrected chi connectivity index (χ3v) is 3.37. The SMILES string of the molecule is COC(=O)C(C)N(C(=O)c1cccnc1C)C1CC1. The zero-order valence-electron chi connectivity index (χ0n) is 11.4. The summed E-state index contributed by atoms with van der Waals surface area (Å²) in [5.41, 5.74) is 1.22. The number of aryl methyl sites for hydroxylation is 1. The molecule has 1 aromatic rings. The molecule has 2 rings (SSSR count). The molecule has 0 radical (unpaired) electrons. The number of carbonyl (C=O) groups is 2. The summed E-state index contributed by atoms with van der Waals surface area (Å²) in [6, 6.07) is 3.05. The molecule has 1 aliphatic carbocycles. The third kappa shape index (κ3) is 2.75. The molecule has 0 aromatic carbocycles. The van der Waals surface area contributed by atoms with Crippen LogP contribution in [0.3, 0.4) is 0 Å². The van der Waals surface area contributed by atoms with Gasteiger partial charge in [-0.15, -0.1) is 0 Å². The van der Waals surface area contributed by atoms with Crippen molar-refractivity contribution in [3.8, 4) is 0 Å². The van der Waals surface area contributed by atoms with Crippen molar-refractivity contribution >= 4 is 11.9 Å². The highest BCUT2D eigenvalue weighted by atomic mass is 16.5.